The highest BCUT2D eigenvalue weighted by Gasteiger charge is 2.13. The van der Waals surface area contributed by atoms with Gasteiger partial charge in [0.15, 0.2) is 5.82 Å². The molecule has 138 valence electrons. The molecule has 0 saturated carbocycles. The zero-order valence-electron chi connectivity index (χ0n) is 14.1. The molecule has 1 aliphatic rings. The number of nitrogens with one attached hydrogen (secondary N) is 2. The average Bonchev–Trinajstić information content (AvgIpc) is 3.01. The molecule has 1 aromatic heterocycles. The summed E-state index contributed by atoms with van der Waals surface area (Å²) in [5.74, 6) is 2.09. The molecule has 2 heterocycles. The predicted octanol–water partition coefficient (Wildman–Crippen LogP) is 3.66. The first kappa shape index (κ1) is 21.6. The summed E-state index contributed by atoms with van der Waals surface area (Å²) in [4.78, 5) is 9.15. The first-order chi connectivity index (χ1) is 11.2. The van der Waals surface area contributed by atoms with Crippen molar-refractivity contribution in [1.29, 1.82) is 5.41 Å². The van der Waals surface area contributed by atoms with Crippen molar-refractivity contribution in [3.63, 3.8) is 0 Å². The standard InChI is InChI=1S/C18H16N4O.2ClH.H2O/c1-11(19)21-15-3-4-16-14(9-15)10-20-18(22-16)13-2-5-17-12(8-13)6-7-23-17;;;/h2-5,8-10H,6-7H2,1H3,(H2,19,21);2*1H;1H2. The van der Waals surface area contributed by atoms with Crippen molar-refractivity contribution in [1.82, 2.24) is 9.97 Å². The Balaban J connectivity index is 0.00000113. The summed E-state index contributed by atoms with van der Waals surface area (Å²) in [5, 5.41) is 11.4. The lowest BCUT2D eigenvalue weighted by atomic mass is 10.1. The third kappa shape index (κ3) is 4.22. The van der Waals surface area contributed by atoms with Crippen LogP contribution in [0.15, 0.2) is 42.6 Å². The minimum Gasteiger partial charge on any atom is -0.493 e. The van der Waals surface area contributed by atoms with Crippen LogP contribution in [0.2, 0.25) is 0 Å². The summed E-state index contributed by atoms with van der Waals surface area (Å²) in [5.41, 5.74) is 3.98. The number of anilines is 1. The van der Waals surface area contributed by atoms with Crippen LogP contribution in [0.4, 0.5) is 5.69 Å². The lowest BCUT2D eigenvalue weighted by Gasteiger charge is -2.07. The van der Waals surface area contributed by atoms with E-state index in [1.54, 1.807) is 6.92 Å². The zero-order valence-corrected chi connectivity index (χ0v) is 15.7. The Kier molecular flexibility index (Phi) is 7.32. The fourth-order valence-electron chi connectivity index (χ4n) is 2.79. The van der Waals surface area contributed by atoms with E-state index in [2.05, 4.69) is 21.4 Å². The fourth-order valence-corrected chi connectivity index (χ4v) is 2.79. The van der Waals surface area contributed by atoms with Crippen LogP contribution in [0.5, 0.6) is 5.75 Å². The lowest BCUT2D eigenvalue weighted by molar-refractivity contribution is 0.357. The summed E-state index contributed by atoms with van der Waals surface area (Å²) < 4.78 is 5.54. The summed E-state index contributed by atoms with van der Waals surface area (Å²) >= 11 is 0. The van der Waals surface area contributed by atoms with E-state index in [1.165, 1.54) is 5.56 Å². The maximum absolute atomic E-state index is 7.49. The number of hydrogen-bond donors (Lipinski definition) is 2. The van der Waals surface area contributed by atoms with Gasteiger partial charge in [-0.2, -0.15) is 0 Å². The number of fused-ring (bicyclic) bond motifs is 2. The molecule has 0 atom stereocenters. The van der Waals surface area contributed by atoms with E-state index in [0.717, 1.165) is 46.8 Å². The van der Waals surface area contributed by atoms with Gasteiger partial charge in [0.25, 0.3) is 0 Å². The molecule has 3 aromatic rings. The second kappa shape index (κ2) is 8.80. The molecule has 0 radical (unpaired) electrons. The van der Waals surface area contributed by atoms with Gasteiger partial charge in [-0.1, -0.05) is 0 Å². The summed E-state index contributed by atoms with van der Waals surface area (Å²) in [6.07, 6.45) is 2.76. The topological polar surface area (TPSA) is 102 Å². The normalized spacial score (nSPS) is 11.3. The van der Waals surface area contributed by atoms with E-state index >= 15 is 0 Å². The highest BCUT2D eigenvalue weighted by molar-refractivity contribution is 5.93. The van der Waals surface area contributed by atoms with Crippen molar-refractivity contribution in [2.75, 3.05) is 11.9 Å². The van der Waals surface area contributed by atoms with Crippen LogP contribution in [0, 0.1) is 5.41 Å². The Labute approximate surface area is 163 Å². The predicted molar refractivity (Wildman–Crippen MR) is 109 cm³/mol. The van der Waals surface area contributed by atoms with E-state index < -0.39 is 0 Å². The zero-order chi connectivity index (χ0) is 15.8. The van der Waals surface area contributed by atoms with Crippen LogP contribution < -0.4 is 10.1 Å². The minimum atomic E-state index is 0. The van der Waals surface area contributed by atoms with Crippen LogP contribution in [0.25, 0.3) is 22.3 Å². The number of aromatic nitrogens is 2. The van der Waals surface area contributed by atoms with Crippen molar-refractivity contribution in [2.24, 2.45) is 0 Å². The molecular weight excluding hydrogens is 375 g/mol. The molecule has 0 fully saturated rings. The number of nitrogens with zero attached hydrogens (tertiary/aromatic N) is 2. The number of ether oxygens (including phenoxy) is 1. The summed E-state index contributed by atoms with van der Waals surface area (Å²) in [7, 11) is 0. The molecule has 8 heteroatoms. The molecular formula is C18H20Cl2N4O2. The van der Waals surface area contributed by atoms with Crippen LogP contribution in [-0.4, -0.2) is 27.9 Å². The van der Waals surface area contributed by atoms with Gasteiger partial charge < -0.3 is 15.5 Å². The molecule has 1 aliphatic heterocycles. The maximum atomic E-state index is 7.49. The van der Waals surface area contributed by atoms with Gasteiger partial charge in [0, 0.05) is 29.3 Å². The first-order valence-corrected chi connectivity index (χ1v) is 7.54. The van der Waals surface area contributed by atoms with Gasteiger partial charge in [-0.05, 0) is 48.9 Å². The van der Waals surface area contributed by atoms with Crippen LogP contribution in [0.1, 0.15) is 12.5 Å². The van der Waals surface area contributed by atoms with Crippen LogP contribution in [-0.2, 0) is 6.42 Å². The smallest absolute Gasteiger partial charge is 0.159 e. The molecule has 0 aliphatic carbocycles. The second-order valence-electron chi connectivity index (χ2n) is 5.64. The monoisotopic (exact) mass is 394 g/mol. The van der Waals surface area contributed by atoms with Crippen molar-refractivity contribution < 1.29 is 10.2 Å². The van der Waals surface area contributed by atoms with Gasteiger partial charge in [-0.25, -0.2) is 9.97 Å². The van der Waals surface area contributed by atoms with E-state index in [0.29, 0.717) is 5.84 Å². The van der Waals surface area contributed by atoms with Gasteiger partial charge in [0.05, 0.1) is 18.0 Å². The largest absolute Gasteiger partial charge is 0.493 e. The van der Waals surface area contributed by atoms with Crippen molar-refractivity contribution in [3.05, 3.63) is 48.2 Å². The lowest BCUT2D eigenvalue weighted by Crippen LogP contribution is -2.04. The van der Waals surface area contributed by atoms with Gasteiger partial charge in [-0.15, -0.1) is 24.8 Å². The molecule has 0 unspecified atom stereocenters. The second-order valence-corrected chi connectivity index (χ2v) is 5.64. The summed E-state index contributed by atoms with van der Waals surface area (Å²) in [6.45, 7) is 2.46. The quantitative estimate of drug-likeness (QED) is 0.511. The van der Waals surface area contributed by atoms with Gasteiger partial charge in [0.2, 0.25) is 0 Å². The number of rotatable bonds is 2. The van der Waals surface area contributed by atoms with Gasteiger partial charge in [0.1, 0.15) is 5.75 Å². The summed E-state index contributed by atoms with van der Waals surface area (Å²) in [6, 6.07) is 11.9. The van der Waals surface area contributed by atoms with Crippen LogP contribution >= 0.6 is 24.8 Å². The third-order valence-electron chi connectivity index (χ3n) is 3.86. The Morgan fingerprint density at radius 1 is 1.15 bits per heavy atom. The van der Waals surface area contributed by atoms with Gasteiger partial charge in [-0.3, -0.25) is 5.41 Å². The highest BCUT2D eigenvalue weighted by Crippen LogP contribution is 2.29. The van der Waals surface area contributed by atoms with Crippen LogP contribution in [0.3, 0.4) is 0 Å². The Bertz CT molecular complexity index is 934. The molecule has 4 N–H and O–H groups in total. The number of halogens is 2. The maximum Gasteiger partial charge on any atom is 0.159 e. The molecule has 0 saturated heterocycles. The Morgan fingerprint density at radius 2 is 1.96 bits per heavy atom. The molecule has 26 heavy (non-hydrogen) atoms. The SMILES string of the molecule is CC(=N)Nc1ccc2nc(-c3ccc4c(c3)CCO4)ncc2c1.Cl.Cl.O. The van der Waals surface area contributed by atoms with Crippen molar-refractivity contribution >= 4 is 47.2 Å². The highest BCUT2D eigenvalue weighted by atomic mass is 35.5. The van der Waals surface area contributed by atoms with E-state index in [1.807, 2.05) is 36.5 Å². The minimum absolute atomic E-state index is 0. The van der Waals surface area contributed by atoms with Gasteiger partial charge >= 0.3 is 0 Å². The first-order valence-electron chi connectivity index (χ1n) is 7.54. The number of hydrogen-bond acceptors (Lipinski definition) is 4. The van der Waals surface area contributed by atoms with E-state index in [9.17, 15) is 0 Å². The van der Waals surface area contributed by atoms with Crippen molar-refractivity contribution in [2.45, 2.75) is 13.3 Å². The molecule has 6 nitrogen and oxygen atoms in total. The van der Waals surface area contributed by atoms with Crippen molar-refractivity contribution in [3.8, 4) is 17.1 Å². The molecule has 0 bridgehead atoms. The number of amidine groups is 1. The molecule has 0 amide bonds. The molecule has 2 aromatic carbocycles. The number of benzene rings is 2. The fraction of sp³-hybridized carbons (Fsp3) is 0.167. The Morgan fingerprint density at radius 3 is 2.73 bits per heavy atom. The average molecular weight is 395 g/mol. The Hall–Kier alpha value is -2.41. The molecule has 4 rings (SSSR count). The van der Waals surface area contributed by atoms with E-state index in [4.69, 9.17) is 10.1 Å². The third-order valence-corrected chi connectivity index (χ3v) is 3.86. The molecule has 0 spiro atoms. The van der Waals surface area contributed by atoms with E-state index in [-0.39, 0.29) is 30.3 Å².